The Balaban J connectivity index is 2.35. The Bertz CT molecular complexity index is 548. The van der Waals surface area contributed by atoms with Crippen LogP contribution in [0, 0.1) is 16.0 Å². The summed E-state index contributed by atoms with van der Waals surface area (Å²) in [6.45, 7) is 2.31. The minimum atomic E-state index is -1.35. The molecule has 0 bridgehead atoms. The summed E-state index contributed by atoms with van der Waals surface area (Å²) in [5, 5.41) is 10.9. The van der Waals surface area contributed by atoms with E-state index in [-0.39, 0.29) is 0 Å². The molecular formula is C14H15NO6. The smallest absolute Gasteiger partial charge is 0.324 e. The molecule has 1 heterocycles. The predicted octanol–water partition coefficient (Wildman–Crippen LogP) is 1.50. The standard InChI is InChI=1S/C14H15NO6/c1-14(2)20-12(16)11(13(17)21-14)10(8-15(18)19)9-6-4-3-5-7-9/h3-7,10-11H,8H2,1-2H3. The number of esters is 2. The van der Waals surface area contributed by atoms with Gasteiger partial charge in [0.15, 0.2) is 5.92 Å². The molecule has 7 nitrogen and oxygen atoms in total. The second kappa shape index (κ2) is 5.51. The molecule has 1 saturated heterocycles. The Morgan fingerprint density at radius 2 is 1.71 bits per heavy atom. The summed E-state index contributed by atoms with van der Waals surface area (Å²) >= 11 is 0. The molecule has 0 radical (unpaired) electrons. The van der Waals surface area contributed by atoms with Crippen molar-refractivity contribution in [3.05, 3.63) is 46.0 Å². The van der Waals surface area contributed by atoms with E-state index in [0.29, 0.717) is 5.56 Å². The van der Waals surface area contributed by atoms with E-state index in [2.05, 4.69) is 0 Å². The summed E-state index contributed by atoms with van der Waals surface area (Å²) in [5.41, 5.74) is 0.521. The van der Waals surface area contributed by atoms with Crippen LogP contribution >= 0.6 is 0 Å². The third kappa shape index (κ3) is 3.36. The first-order valence-corrected chi connectivity index (χ1v) is 6.42. The van der Waals surface area contributed by atoms with Crippen LogP contribution in [0.1, 0.15) is 25.3 Å². The number of rotatable bonds is 4. The number of cyclic esters (lactones) is 2. The van der Waals surface area contributed by atoms with E-state index in [1.807, 2.05) is 0 Å². The van der Waals surface area contributed by atoms with Gasteiger partial charge in [-0.05, 0) is 5.56 Å². The lowest BCUT2D eigenvalue weighted by Gasteiger charge is -2.34. The first kappa shape index (κ1) is 15.0. The van der Waals surface area contributed by atoms with Gasteiger partial charge in [0.1, 0.15) is 0 Å². The third-order valence-corrected chi connectivity index (χ3v) is 3.18. The first-order valence-electron chi connectivity index (χ1n) is 6.42. The van der Waals surface area contributed by atoms with Crippen LogP contribution in [0.3, 0.4) is 0 Å². The summed E-state index contributed by atoms with van der Waals surface area (Å²) in [4.78, 5) is 34.5. The van der Waals surface area contributed by atoms with Crippen LogP contribution in [0.5, 0.6) is 0 Å². The van der Waals surface area contributed by atoms with E-state index in [1.54, 1.807) is 30.3 Å². The Morgan fingerprint density at radius 3 is 2.19 bits per heavy atom. The average Bonchev–Trinajstić information content (AvgIpc) is 2.36. The van der Waals surface area contributed by atoms with Gasteiger partial charge < -0.3 is 9.47 Å². The summed E-state index contributed by atoms with van der Waals surface area (Å²) < 4.78 is 10.1. The number of nitrogens with zero attached hydrogens (tertiary/aromatic N) is 1. The SMILES string of the molecule is CC1(C)OC(=O)C(C(C[N+](=O)[O-])c2ccccc2)C(=O)O1. The van der Waals surface area contributed by atoms with E-state index in [9.17, 15) is 19.7 Å². The molecular weight excluding hydrogens is 278 g/mol. The minimum absolute atomic E-state index is 0.521. The molecule has 1 fully saturated rings. The fraction of sp³-hybridized carbons (Fsp3) is 0.429. The van der Waals surface area contributed by atoms with Crippen molar-refractivity contribution < 1.29 is 24.0 Å². The molecule has 21 heavy (non-hydrogen) atoms. The second-order valence-electron chi connectivity index (χ2n) is 5.25. The van der Waals surface area contributed by atoms with Crippen LogP contribution in [0.15, 0.2) is 30.3 Å². The number of nitro groups is 1. The second-order valence-corrected chi connectivity index (χ2v) is 5.25. The maximum Gasteiger partial charge on any atom is 0.324 e. The molecule has 0 amide bonds. The van der Waals surface area contributed by atoms with Crippen molar-refractivity contribution in [3.8, 4) is 0 Å². The van der Waals surface area contributed by atoms with Gasteiger partial charge in [-0.2, -0.15) is 0 Å². The largest absolute Gasteiger partial charge is 0.422 e. The van der Waals surface area contributed by atoms with Crippen LogP contribution in [-0.2, 0) is 19.1 Å². The van der Waals surface area contributed by atoms with Crippen LogP contribution in [0.25, 0.3) is 0 Å². The zero-order chi connectivity index (χ0) is 15.6. The number of hydrogen-bond donors (Lipinski definition) is 0. The highest BCUT2D eigenvalue weighted by molar-refractivity contribution is 5.97. The molecule has 112 valence electrons. The van der Waals surface area contributed by atoms with Crippen LogP contribution in [0.2, 0.25) is 0 Å². The predicted molar refractivity (Wildman–Crippen MR) is 70.8 cm³/mol. The van der Waals surface area contributed by atoms with Crippen molar-refractivity contribution in [1.29, 1.82) is 0 Å². The molecule has 0 N–H and O–H groups in total. The Hall–Kier alpha value is -2.44. The number of hydrogen-bond acceptors (Lipinski definition) is 6. The molecule has 0 spiro atoms. The normalized spacial score (nSPS) is 19.5. The van der Waals surface area contributed by atoms with Crippen molar-refractivity contribution in [1.82, 2.24) is 0 Å². The summed E-state index contributed by atoms with van der Waals surface area (Å²) in [6.07, 6.45) is 0. The van der Waals surface area contributed by atoms with Gasteiger partial charge in [0.05, 0.1) is 5.92 Å². The topological polar surface area (TPSA) is 95.7 Å². The minimum Gasteiger partial charge on any atom is -0.422 e. The number of carbonyl (C=O) groups is 2. The van der Waals surface area contributed by atoms with Gasteiger partial charge in [0, 0.05) is 18.8 Å². The molecule has 0 aliphatic carbocycles. The highest BCUT2D eigenvalue weighted by Crippen LogP contribution is 2.33. The quantitative estimate of drug-likeness (QED) is 0.361. The Kier molecular flexibility index (Phi) is 3.93. The molecule has 1 aliphatic rings. The van der Waals surface area contributed by atoms with Gasteiger partial charge >= 0.3 is 11.9 Å². The maximum absolute atomic E-state index is 12.1. The molecule has 7 heteroatoms. The van der Waals surface area contributed by atoms with Crippen molar-refractivity contribution in [2.24, 2.45) is 5.92 Å². The fourth-order valence-corrected chi connectivity index (χ4v) is 2.32. The zero-order valence-electron chi connectivity index (χ0n) is 11.6. The summed E-state index contributed by atoms with van der Waals surface area (Å²) in [6, 6.07) is 8.38. The molecule has 0 aromatic heterocycles. The molecule has 1 aromatic rings. The monoisotopic (exact) mass is 293 g/mol. The van der Waals surface area contributed by atoms with E-state index in [1.165, 1.54) is 13.8 Å². The number of benzene rings is 1. The van der Waals surface area contributed by atoms with Crippen LogP contribution in [-0.4, -0.2) is 29.2 Å². The maximum atomic E-state index is 12.1. The summed E-state index contributed by atoms with van der Waals surface area (Å²) in [5.74, 6) is -5.19. The van der Waals surface area contributed by atoms with Gasteiger partial charge in [0.25, 0.3) is 5.79 Å². The Morgan fingerprint density at radius 1 is 1.19 bits per heavy atom. The number of ether oxygens (including phenoxy) is 2. The van der Waals surface area contributed by atoms with Gasteiger partial charge in [-0.15, -0.1) is 0 Å². The van der Waals surface area contributed by atoms with Crippen LogP contribution in [0.4, 0.5) is 0 Å². The lowest BCUT2D eigenvalue weighted by atomic mass is 9.85. The average molecular weight is 293 g/mol. The molecule has 1 aromatic carbocycles. The van der Waals surface area contributed by atoms with Crippen LogP contribution < -0.4 is 0 Å². The van der Waals surface area contributed by atoms with Gasteiger partial charge in [-0.25, -0.2) is 0 Å². The first-order chi connectivity index (χ1) is 9.80. The van der Waals surface area contributed by atoms with Gasteiger partial charge in [-0.3, -0.25) is 19.7 Å². The molecule has 1 unspecified atom stereocenters. The lowest BCUT2D eigenvalue weighted by Crippen LogP contribution is -2.49. The van der Waals surface area contributed by atoms with Crippen molar-refractivity contribution in [2.75, 3.05) is 6.54 Å². The van der Waals surface area contributed by atoms with Crippen molar-refractivity contribution in [3.63, 3.8) is 0 Å². The highest BCUT2D eigenvalue weighted by Gasteiger charge is 2.49. The van der Waals surface area contributed by atoms with Gasteiger partial charge in [-0.1, -0.05) is 30.3 Å². The molecule has 1 aliphatic heterocycles. The van der Waals surface area contributed by atoms with Crippen molar-refractivity contribution in [2.45, 2.75) is 25.6 Å². The highest BCUT2D eigenvalue weighted by atomic mass is 16.7. The lowest BCUT2D eigenvalue weighted by molar-refractivity contribution is -0.484. The van der Waals surface area contributed by atoms with Crippen molar-refractivity contribution >= 4 is 11.9 Å². The third-order valence-electron chi connectivity index (χ3n) is 3.18. The Labute approximate surface area is 121 Å². The zero-order valence-corrected chi connectivity index (χ0v) is 11.6. The van der Waals surface area contributed by atoms with E-state index >= 15 is 0 Å². The van der Waals surface area contributed by atoms with E-state index < -0.39 is 41.0 Å². The number of carbonyl (C=O) groups excluding carboxylic acids is 2. The van der Waals surface area contributed by atoms with E-state index in [4.69, 9.17) is 9.47 Å². The molecule has 2 rings (SSSR count). The van der Waals surface area contributed by atoms with E-state index in [0.717, 1.165) is 0 Å². The summed E-state index contributed by atoms with van der Waals surface area (Å²) in [7, 11) is 0. The molecule has 1 atom stereocenters. The molecule has 0 saturated carbocycles. The van der Waals surface area contributed by atoms with Gasteiger partial charge in [0.2, 0.25) is 6.54 Å². The fourth-order valence-electron chi connectivity index (χ4n) is 2.32.